The Labute approximate surface area is 159 Å². The van der Waals surface area contributed by atoms with Crippen LogP contribution in [0, 0.1) is 6.92 Å². The van der Waals surface area contributed by atoms with Crippen LogP contribution in [0.15, 0.2) is 27.5 Å². The summed E-state index contributed by atoms with van der Waals surface area (Å²) < 4.78 is 7.05. The zero-order chi connectivity index (χ0) is 19.1. The van der Waals surface area contributed by atoms with Gasteiger partial charge in [0.1, 0.15) is 23.3 Å². The maximum Gasteiger partial charge on any atom is 0.264 e. The van der Waals surface area contributed by atoms with Crippen molar-refractivity contribution in [2.45, 2.75) is 44.7 Å². The molecular weight excluding hydrogens is 370 g/mol. The molecular formula is C19H20ClN3O4. The first-order chi connectivity index (χ1) is 13.0. The molecule has 3 aromatic rings. The average molecular weight is 390 g/mol. The summed E-state index contributed by atoms with van der Waals surface area (Å²) in [5.74, 6) is 0.0674. The van der Waals surface area contributed by atoms with Gasteiger partial charge in [0, 0.05) is 17.5 Å². The SMILES string of the molecule is Cc1onc2c1c(=O)n(C1CCCC(NC(=O)CO)C1)c1cccc(Cl)c21. The van der Waals surface area contributed by atoms with Crippen molar-refractivity contribution in [1.29, 1.82) is 0 Å². The van der Waals surface area contributed by atoms with Crippen molar-refractivity contribution >= 4 is 39.3 Å². The summed E-state index contributed by atoms with van der Waals surface area (Å²) in [5.41, 5.74) is 1.04. The Kier molecular flexibility index (Phi) is 4.65. The van der Waals surface area contributed by atoms with Crippen LogP contribution in [0.2, 0.25) is 5.02 Å². The van der Waals surface area contributed by atoms with E-state index in [4.69, 9.17) is 21.2 Å². The second-order valence-corrected chi connectivity index (χ2v) is 7.42. The van der Waals surface area contributed by atoms with Crippen LogP contribution in [0.5, 0.6) is 0 Å². The molecule has 2 unspecified atom stereocenters. The second kappa shape index (κ2) is 6.98. The fraction of sp³-hybridized carbons (Fsp3) is 0.421. The highest BCUT2D eigenvalue weighted by Gasteiger charge is 2.28. The van der Waals surface area contributed by atoms with Gasteiger partial charge in [0.15, 0.2) is 0 Å². The average Bonchev–Trinajstić information content (AvgIpc) is 3.04. The van der Waals surface area contributed by atoms with E-state index in [0.717, 1.165) is 19.3 Å². The number of amides is 1. The molecule has 142 valence electrons. The van der Waals surface area contributed by atoms with Crippen LogP contribution in [-0.4, -0.2) is 33.4 Å². The van der Waals surface area contributed by atoms with Crippen molar-refractivity contribution in [1.82, 2.24) is 15.0 Å². The topological polar surface area (TPSA) is 97.4 Å². The van der Waals surface area contributed by atoms with Gasteiger partial charge in [-0.15, -0.1) is 0 Å². The van der Waals surface area contributed by atoms with E-state index in [9.17, 15) is 9.59 Å². The number of rotatable bonds is 3. The molecule has 0 bridgehead atoms. The van der Waals surface area contributed by atoms with Gasteiger partial charge in [-0.25, -0.2) is 0 Å². The van der Waals surface area contributed by atoms with Crippen LogP contribution in [0.3, 0.4) is 0 Å². The van der Waals surface area contributed by atoms with Gasteiger partial charge in [-0.05, 0) is 44.7 Å². The molecule has 0 saturated heterocycles. The highest BCUT2D eigenvalue weighted by Crippen LogP contribution is 2.35. The minimum atomic E-state index is -0.536. The number of aliphatic hydroxyl groups is 1. The third kappa shape index (κ3) is 3.00. The van der Waals surface area contributed by atoms with Gasteiger partial charge in [-0.3, -0.25) is 9.59 Å². The third-order valence-electron chi connectivity index (χ3n) is 5.30. The Hall–Kier alpha value is -2.38. The molecule has 7 nitrogen and oxygen atoms in total. The highest BCUT2D eigenvalue weighted by molar-refractivity contribution is 6.37. The number of benzene rings is 1. The van der Waals surface area contributed by atoms with Gasteiger partial charge in [-0.1, -0.05) is 22.8 Å². The normalized spacial score (nSPS) is 20.3. The Bertz CT molecular complexity index is 1090. The number of hydrogen-bond donors (Lipinski definition) is 2. The summed E-state index contributed by atoms with van der Waals surface area (Å²) in [6.45, 7) is 1.18. The number of fused-ring (bicyclic) bond motifs is 3. The zero-order valence-electron chi connectivity index (χ0n) is 14.9. The van der Waals surface area contributed by atoms with Crippen molar-refractivity contribution in [2.75, 3.05) is 6.61 Å². The molecule has 2 heterocycles. The van der Waals surface area contributed by atoms with Gasteiger partial charge in [-0.2, -0.15) is 0 Å². The Morgan fingerprint density at radius 1 is 1.41 bits per heavy atom. The van der Waals surface area contributed by atoms with Crippen molar-refractivity contribution in [3.63, 3.8) is 0 Å². The van der Waals surface area contributed by atoms with Gasteiger partial charge in [0.05, 0.1) is 10.5 Å². The Morgan fingerprint density at radius 2 is 2.22 bits per heavy atom. The molecule has 2 aromatic heterocycles. The van der Waals surface area contributed by atoms with Crippen LogP contribution in [0.25, 0.3) is 21.8 Å². The Balaban J connectivity index is 1.89. The van der Waals surface area contributed by atoms with E-state index in [1.165, 1.54) is 0 Å². The number of aromatic nitrogens is 2. The molecule has 0 aliphatic heterocycles. The molecule has 27 heavy (non-hydrogen) atoms. The quantitative estimate of drug-likeness (QED) is 0.717. The summed E-state index contributed by atoms with van der Waals surface area (Å²) in [6, 6.07) is 5.28. The molecule has 1 aromatic carbocycles. The number of carbonyl (C=O) groups is 1. The summed E-state index contributed by atoms with van der Waals surface area (Å²) in [7, 11) is 0. The van der Waals surface area contributed by atoms with E-state index in [-0.39, 0.29) is 17.6 Å². The lowest BCUT2D eigenvalue weighted by Gasteiger charge is -2.31. The molecule has 1 saturated carbocycles. The van der Waals surface area contributed by atoms with Crippen molar-refractivity contribution in [3.05, 3.63) is 39.3 Å². The molecule has 2 atom stereocenters. The highest BCUT2D eigenvalue weighted by atomic mass is 35.5. The van der Waals surface area contributed by atoms with E-state index in [1.807, 2.05) is 12.1 Å². The first-order valence-corrected chi connectivity index (χ1v) is 9.38. The standard InChI is InChI=1S/C19H20ClN3O4/c1-10-16-18(22-27-10)17-13(20)6-3-7-14(17)23(19(16)26)12-5-2-4-11(8-12)21-15(25)9-24/h3,6-7,11-12,24H,2,4-5,8-9H2,1H3,(H,21,25). The summed E-state index contributed by atoms with van der Waals surface area (Å²) in [5, 5.41) is 17.5. The molecule has 1 fully saturated rings. The van der Waals surface area contributed by atoms with Crippen LogP contribution in [0.1, 0.15) is 37.5 Å². The number of hydrogen-bond acceptors (Lipinski definition) is 5. The van der Waals surface area contributed by atoms with Gasteiger partial charge < -0.3 is 19.5 Å². The minimum Gasteiger partial charge on any atom is -0.387 e. The number of aryl methyl sites for hydroxylation is 1. The second-order valence-electron chi connectivity index (χ2n) is 7.01. The summed E-state index contributed by atoms with van der Waals surface area (Å²) >= 11 is 6.44. The molecule has 4 rings (SSSR count). The molecule has 0 spiro atoms. The van der Waals surface area contributed by atoms with Gasteiger partial charge in [0.2, 0.25) is 5.91 Å². The van der Waals surface area contributed by atoms with Gasteiger partial charge in [0.25, 0.3) is 5.56 Å². The predicted molar refractivity (Wildman–Crippen MR) is 102 cm³/mol. The molecule has 0 radical (unpaired) electrons. The molecule has 1 aliphatic rings. The van der Waals surface area contributed by atoms with Crippen molar-refractivity contribution < 1.29 is 14.4 Å². The van der Waals surface area contributed by atoms with Crippen LogP contribution >= 0.6 is 11.6 Å². The first-order valence-electron chi connectivity index (χ1n) is 9.00. The monoisotopic (exact) mass is 389 g/mol. The minimum absolute atomic E-state index is 0.0798. The summed E-state index contributed by atoms with van der Waals surface area (Å²) in [6.07, 6.45) is 3.13. The predicted octanol–water partition coefficient (Wildman–Crippen LogP) is 2.70. The molecule has 8 heteroatoms. The van der Waals surface area contributed by atoms with E-state index in [2.05, 4.69) is 10.5 Å². The maximum atomic E-state index is 13.3. The lowest BCUT2D eigenvalue weighted by molar-refractivity contribution is -0.124. The number of pyridine rings is 1. The zero-order valence-corrected chi connectivity index (χ0v) is 15.6. The number of halogens is 1. The van der Waals surface area contributed by atoms with Crippen molar-refractivity contribution in [3.8, 4) is 0 Å². The first kappa shape index (κ1) is 18.0. The van der Waals surface area contributed by atoms with E-state index < -0.39 is 12.5 Å². The van der Waals surface area contributed by atoms with Crippen LogP contribution in [-0.2, 0) is 4.79 Å². The van der Waals surface area contributed by atoms with Gasteiger partial charge >= 0.3 is 0 Å². The molecule has 1 aliphatic carbocycles. The van der Waals surface area contributed by atoms with Crippen LogP contribution < -0.4 is 10.9 Å². The fourth-order valence-corrected chi connectivity index (χ4v) is 4.40. The van der Waals surface area contributed by atoms with E-state index in [0.29, 0.717) is 39.0 Å². The van der Waals surface area contributed by atoms with Crippen molar-refractivity contribution in [2.24, 2.45) is 0 Å². The number of carbonyl (C=O) groups excluding carboxylic acids is 1. The van der Waals surface area contributed by atoms with Crippen LogP contribution in [0.4, 0.5) is 0 Å². The van der Waals surface area contributed by atoms with E-state index in [1.54, 1.807) is 17.6 Å². The third-order valence-corrected chi connectivity index (χ3v) is 5.62. The lowest BCUT2D eigenvalue weighted by atomic mass is 9.90. The number of nitrogens with one attached hydrogen (secondary N) is 1. The Morgan fingerprint density at radius 3 is 3.00 bits per heavy atom. The molecule has 2 N–H and O–H groups in total. The lowest BCUT2D eigenvalue weighted by Crippen LogP contribution is -2.41. The fourth-order valence-electron chi connectivity index (χ4n) is 4.14. The number of aliphatic hydroxyl groups excluding tert-OH is 1. The summed E-state index contributed by atoms with van der Waals surface area (Å²) in [4.78, 5) is 24.9. The maximum absolute atomic E-state index is 13.3. The molecule has 1 amide bonds. The smallest absolute Gasteiger partial charge is 0.264 e. The largest absolute Gasteiger partial charge is 0.387 e. The number of nitrogens with zero attached hydrogens (tertiary/aromatic N) is 2. The van der Waals surface area contributed by atoms with E-state index >= 15 is 0 Å².